The van der Waals surface area contributed by atoms with E-state index in [-0.39, 0.29) is 0 Å². The number of benzene rings is 2. The van der Waals surface area contributed by atoms with Gasteiger partial charge in [-0.25, -0.2) is 0 Å². The molecular weight excluding hydrogens is 248 g/mol. The molecule has 0 spiro atoms. The lowest BCUT2D eigenvalue weighted by molar-refractivity contribution is 0.415. The summed E-state index contributed by atoms with van der Waals surface area (Å²) in [5.41, 5.74) is 3.60. The first kappa shape index (κ1) is 14.0. The summed E-state index contributed by atoms with van der Waals surface area (Å²) in [7, 11) is 1.61. The summed E-state index contributed by atoms with van der Waals surface area (Å²) in [6, 6.07) is 15.8. The fourth-order valence-corrected chi connectivity index (χ4v) is 1.96. The third-order valence-corrected chi connectivity index (χ3v) is 3.20. The van der Waals surface area contributed by atoms with Crippen LogP contribution in [0.25, 0.3) is 0 Å². The number of methoxy groups -OCH3 is 1. The predicted octanol–water partition coefficient (Wildman–Crippen LogP) is 4.43. The molecule has 0 atom stereocenters. The minimum absolute atomic E-state index is 0.510. The summed E-state index contributed by atoms with van der Waals surface area (Å²) < 4.78 is 5.19. The molecule has 0 unspecified atom stereocenters. The van der Waals surface area contributed by atoms with Crippen LogP contribution >= 0.6 is 0 Å². The average Bonchev–Trinajstić information content (AvgIpc) is 2.47. The van der Waals surface area contributed by atoms with Gasteiger partial charge in [0, 0.05) is 11.8 Å². The molecule has 0 saturated carbocycles. The lowest BCUT2D eigenvalue weighted by Gasteiger charge is -2.11. The minimum atomic E-state index is 0.510. The smallest absolute Gasteiger partial charge is 0.121 e. The summed E-state index contributed by atoms with van der Waals surface area (Å²) in [4.78, 5) is 0. The Morgan fingerprint density at radius 3 is 2.35 bits per heavy atom. The van der Waals surface area contributed by atoms with Crippen LogP contribution in [0.1, 0.15) is 30.9 Å². The third kappa shape index (κ3) is 3.10. The van der Waals surface area contributed by atoms with E-state index in [1.165, 1.54) is 5.56 Å². The maximum absolute atomic E-state index is 9.15. The molecule has 0 aromatic heterocycles. The zero-order valence-corrected chi connectivity index (χ0v) is 12.0. The number of hydrogen-bond donors (Lipinski definition) is 1. The summed E-state index contributed by atoms with van der Waals surface area (Å²) in [6.07, 6.45) is 0. The van der Waals surface area contributed by atoms with Gasteiger partial charge in [-0.15, -0.1) is 0 Å². The molecule has 0 radical (unpaired) electrons. The monoisotopic (exact) mass is 266 g/mol. The van der Waals surface area contributed by atoms with Crippen LogP contribution in [0.2, 0.25) is 0 Å². The van der Waals surface area contributed by atoms with Crippen LogP contribution in [0.5, 0.6) is 5.75 Å². The Morgan fingerprint density at radius 1 is 1.10 bits per heavy atom. The normalized spacial score (nSPS) is 10.2. The van der Waals surface area contributed by atoms with Crippen molar-refractivity contribution in [3.8, 4) is 11.8 Å². The number of hydrogen-bond acceptors (Lipinski definition) is 3. The Hall–Kier alpha value is -2.47. The van der Waals surface area contributed by atoms with E-state index in [0.29, 0.717) is 11.5 Å². The van der Waals surface area contributed by atoms with Crippen molar-refractivity contribution in [2.45, 2.75) is 19.8 Å². The molecule has 0 aliphatic rings. The van der Waals surface area contributed by atoms with Gasteiger partial charge in [0.2, 0.25) is 0 Å². The number of ether oxygens (including phenoxy) is 1. The highest BCUT2D eigenvalue weighted by molar-refractivity contribution is 5.68. The Morgan fingerprint density at radius 2 is 1.80 bits per heavy atom. The molecule has 3 heteroatoms. The molecule has 0 aliphatic heterocycles. The summed E-state index contributed by atoms with van der Waals surface area (Å²) in [5, 5.41) is 12.4. The van der Waals surface area contributed by atoms with E-state index in [0.717, 1.165) is 17.1 Å². The predicted molar refractivity (Wildman–Crippen MR) is 81.5 cm³/mol. The molecule has 0 amide bonds. The molecule has 2 aromatic carbocycles. The Kier molecular flexibility index (Phi) is 4.27. The van der Waals surface area contributed by atoms with Gasteiger partial charge in [-0.1, -0.05) is 26.0 Å². The van der Waals surface area contributed by atoms with E-state index in [4.69, 9.17) is 10.00 Å². The molecule has 2 aromatic rings. The molecular formula is C17H18N2O. The second kappa shape index (κ2) is 6.12. The molecule has 20 heavy (non-hydrogen) atoms. The largest absolute Gasteiger partial charge is 0.497 e. The van der Waals surface area contributed by atoms with Crippen molar-refractivity contribution in [3.05, 3.63) is 53.6 Å². The molecule has 2 rings (SSSR count). The molecule has 1 N–H and O–H groups in total. The fourth-order valence-electron chi connectivity index (χ4n) is 1.96. The zero-order valence-electron chi connectivity index (χ0n) is 12.0. The van der Waals surface area contributed by atoms with Crippen molar-refractivity contribution in [2.75, 3.05) is 12.4 Å². The van der Waals surface area contributed by atoms with Crippen LogP contribution < -0.4 is 10.1 Å². The number of nitrogens with one attached hydrogen (secondary N) is 1. The zero-order chi connectivity index (χ0) is 14.5. The summed E-state index contributed by atoms with van der Waals surface area (Å²) in [6.45, 7) is 4.33. The lowest BCUT2D eigenvalue weighted by atomic mass is 10.0. The van der Waals surface area contributed by atoms with Gasteiger partial charge in [-0.2, -0.15) is 5.26 Å². The van der Waals surface area contributed by atoms with Gasteiger partial charge in [0.1, 0.15) is 11.8 Å². The van der Waals surface area contributed by atoms with Gasteiger partial charge in [-0.3, -0.25) is 0 Å². The number of nitriles is 1. The van der Waals surface area contributed by atoms with Crippen LogP contribution in [0.3, 0.4) is 0 Å². The summed E-state index contributed by atoms with van der Waals surface area (Å²) >= 11 is 0. The highest BCUT2D eigenvalue weighted by Gasteiger charge is 2.05. The molecule has 102 valence electrons. The number of nitrogens with zero attached hydrogens (tertiary/aromatic N) is 1. The summed E-state index contributed by atoms with van der Waals surface area (Å²) in [5.74, 6) is 1.24. The van der Waals surface area contributed by atoms with Gasteiger partial charge >= 0.3 is 0 Å². The van der Waals surface area contributed by atoms with Crippen molar-refractivity contribution in [1.29, 1.82) is 5.26 Å². The molecule has 3 nitrogen and oxygen atoms in total. The maximum Gasteiger partial charge on any atom is 0.121 e. The van der Waals surface area contributed by atoms with E-state index in [1.807, 2.05) is 18.2 Å². The van der Waals surface area contributed by atoms with Gasteiger partial charge in [0.15, 0.2) is 0 Å². The first-order valence-electron chi connectivity index (χ1n) is 6.59. The van der Waals surface area contributed by atoms with Crippen LogP contribution in [0.4, 0.5) is 11.4 Å². The van der Waals surface area contributed by atoms with Crippen LogP contribution in [0.15, 0.2) is 42.5 Å². The molecule has 0 fully saturated rings. The van der Waals surface area contributed by atoms with Gasteiger partial charge in [-0.05, 0) is 35.7 Å². The molecule has 0 heterocycles. The van der Waals surface area contributed by atoms with Crippen LogP contribution in [-0.2, 0) is 0 Å². The van der Waals surface area contributed by atoms with E-state index in [9.17, 15) is 0 Å². The standard InChI is InChI=1S/C17H18N2O/c1-12(2)13-4-7-15(8-5-13)19-17-10-16(20-3)9-6-14(17)11-18/h4-10,12,19H,1-3H3. The average molecular weight is 266 g/mol. The van der Waals surface area contributed by atoms with Crippen LogP contribution in [0, 0.1) is 11.3 Å². The molecule has 0 aliphatic carbocycles. The van der Waals surface area contributed by atoms with Crippen molar-refractivity contribution < 1.29 is 4.74 Å². The number of rotatable bonds is 4. The topological polar surface area (TPSA) is 45.0 Å². The Balaban J connectivity index is 2.27. The van der Waals surface area contributed by atoms with Gasteiger partial charge in [0.05, 0.1) is 18.4 Å². The molecule has 0 saturated heterocycles. The Labute approximate surface area is 119 Å². The quantitative estimate of drug-likeness (QED) is 0.890. The van der Waals surface area contributed by atoms with Crippen molar-refractivity contribution in [2.24, 2.45) is 0 Å². The second-order valence-corrected chi connectivity index (χ2v) is 4.93. The van der Waals surface area contributed by atoms with E-state index >= 15 is 0 Å². The highest BCUT2D eigenvalue weighted by atomic mass is 16.5. The Bertz CT molecular complexity index is 624. The maximum atomic E-state index is 9.15. The van der Waals surface area contributed by atoms with Crippen molar-refractivity contribution in [1.82, 2.24) is 0 Å². The van der Waals surface area contributed by atoms with E-state index < -0.39 is 0 Å². The van der Waals surface area contributed by atoms with Crippen LogP contribution in [-0.4, -0.2) is 7.11 Å². The van der Waals surface area contributed by atoms with Gasteiger partial charge < -0.3 is 10.1 Å². The van der Waals surface area contributed by atoms with E-state index in [2.05, 4.69) is 37.4 Å². The van der Waals surface area contributed by atoms with E-state index in [1.54, 1.807) is 19.2 Å². The minimum Gasteiger partial charge on any atom is -0.497 e. The van der Waals surface area contributed by atoms with Crippen molar-refractivity contribution in [3.63, 3.8) is 0 Å². The number of anilines is 2. The van der Waals surface area contributed by atoms with Gasteiger partial charge in [0.25, 0.3) is 0 Å². The SMILES string of the molecule is COc1ccc(C#N)c(Nc2ccc(C(C)C)cc2)c1. The first-order chi connectivity index (χ1) is 9.63. The van der Waals surface area contributed by atoms with Crippen molar-refractivity contribution >= 4 is 11.4 Å². The first-order valence-corrected chi connectivity index (χ1v) is 6.59. The molecule has 0 bridgehead atoms. The second-order valence-electron chi connectivity index (χ2n) is 4.93. The lowest BCUT2D eigenvalue weighted by Crippen LogP contribution is -1.95. The highest BCUT2D eigenvalue weighted by Crippen LogP contribution is 2.26. The third-order valence-electron chi connectivity index (χ3n) is 3.20. The fraction of sp³-hybridized carbons (Fsp3) is 0.235.